The standard InChI is InChI=1S/C19H21N7O/c1-25(2)18-13-8-9-26(19(27)14-10-16(20)24-23-14)11-15(13)21-17(22-18)12-6-4-3-5-7-12/h3-7,10H,8-9,11H2,1-2H3,(H3,20,23,24). The summed E-state index contributed by atoms with van der Waals surface area (Å²) in [6.07, 6.45) is 0.702. The van der Waals surface area contributed by atoms with Gasteiger partial charge in [0.25, 0.3) is 5.91 Å². The Morgan fingerprint density at radius 2 is 2.00 bits per heavy atom. The molecule has 0 unspecified atom stereocenters. The number of anilines is 2. The molecule has 0 spiro atoms. The second-order valence-corrected chi connectivity index (χ2v) is 6.74. The normalized spacial score (nSPS) is 13.3. The van der Waals surface area contributed by atoms with Crippen molar-refractivity contribution in [3.05, 3.63) is 53.3 Å². The molecule has 1 aliphatic heterocycles. The van der Waals surface area contributed by atoms with Crippen LogP contribution in [-0.4, -0.2) is 51.6 Å². The Hall–Kier alpha value is -3.42. The SMILES string of the molecule is CN(C)c1nc(-c2ccccc2)nc2c1CCN(C(=O)c1cc(N)n[nH]1)C2. The summed E-state index contributed by atoms with van der Waals surface area (Å²) < 4.78 is 0. The Balaban J connectivity index is 1.71. The van der Waals surface area contributed by atoms with Gasteiger partial charge in [0.1, 0.15) is 17.3 Å². The van der Waals surface area contributed by atoms with Crippen molar-refractivity contribution in [2.24, 2.45) is 0 Å². The van der Waals surface area contributed by atoms with Crippen molar-refractivity contribution in [2.75, 3.05) is 31.3 Å². The van der Waals surface area contributed by atoms with Crippen molar-refractivity contribution in [1.29, 1.82) is 0 Å². The van der Waals surface area contributed by atoms with Crippen molar-refractivity contribution in [1.82, 2.24) is 25.1 Å². The quantitative estimate of drug-likeness (QED) is 0.734. The molecule has 2 aromatic heterocycles. The number of nitrogens with zero attached hydrogens (tertiary/aromatic N) is 5. The summed E-state index contributed by atoms with van der Waals surface area (Å²) in [6.45, 7) is 1.02. The zero-order chi connectivity index (χ0) is 19.0. The molecule has 0 radical (unpaired) electrons. The minimum Gasteiger partial charge on any atom is -0.382 e. The first-order chi connectivity index (χ1) is 13.0. The van der Waals surface area contributed by atoms with Gasteiger partial charge >= 0.3 is 0 Å². The number of carbonyl (C=O) groups is 1. The van der Waals surface area contributed by atoms with E-state index >= 15 is 0 Å². The molecule has 1 aromatic carbocycles. The Kier molecular flexibility index (Phi) is 4.23. The predicted molar refractivity (Wildman–Crippen MR) is 103 cm³/mol. The average Bonchev–Trinajstić information content (AvgIpc) is 3.13. The van der Waals surface area contributed by atoms with Crippen molar-refractivity contribution in [2.45, 2.75) is 13.0 Å². The smallest absolute Gasteiger partial charge is 0.272 e. The first kappa shape index (κ1) is 17.0. The van der Waals surface area contributed by atoms with Gasteiger partial charge in [0.15, 0.2) is 5.82 Å². The molecule has 0 atom stereocenters. The monoisotopic (exact) mass is 363 g/mol. The van der Waals surface area contributed by atoms with E-state index in [-0.39, 0.29) is 5.91 Å². The molecule has 4 rings (SSSR count). The molecule has 0 saturated carbocycles. The predicted octanol–water partition coefficient (Wildman–Crippen LogP) is 1.71. The largest absolute Gasteiger partial charge is 0.382 e. The number of fused-ring (bicyclic) bond motifs is 1. The van der Waals surface area contributed by atoms with Crippen molar-refractivity contribution in [3.8, 4) is 11.4 Å². The number of hydrogen-bond donors (Lipinski definition) is 2. The molecular formula is C19H21N7O. The highest BCUT2D eigenvalue weighted by atomic mass is 16.2. The first-order valence-electron chi connectivity index (χ1n) is 8.75. The molecule has 1 amide bonds. The molecule has 3 aromatic rings. The molecule has 3 heterocycles. The Bertz CT molecular complexity index is 981. The fourth-order valence-electron chi connectivity index (χ4n) is 3.29. The lowest BCUT2D eigenvalue weighted by atomic mass is 10.0. The van der Waals surface area contributed by atoms with Crippen LogP contribution in [0.2, 0.25) is 0 Å². The molecule has 0 saturated heterocycles. The molecule has 8 heteroatoms. The van der Waals surface area contributed by atoms with Gasteiger partial charge in [0.05, 0.1) is 12.2 Å². The van der Waals surface area contributed by atoms with E-state index in [1.807, 2.05) is 49.3 Å². The lowest BCUT2D eigenvalue weighted by Crippen LogP contribution is -2.37. The molecule has 0 fully saturated rings. The molecule has 8 nitrogen and oxygen atoms in total. The van der Waals surface area contributed by atoms with Gasteiger partial charge in [-0.1, -0.05) is 30.3 Å². The van der Waals surface area contributed by atoms with Crippen molar-refractivity contribution < 1.29 is 4.79 Å². The summed E-state index contributed by atoms with van der Waals surface area (Å²) in [6, 6.07) is 11.4. The number of aromatic nitrogens is 4. The average molecular weight is 363 g/mol. The van der Waals surface area contributed by atoms with Crippen molar-refractivity contribution >= 4 is 17.5 Å². The van der Waals surface area contributed by atoms with Crippen LogP contribution in [0.15, 0.2) is 36.4 Å². The molecule has 27 heavy (non-hydrogen) atoms. The van der Waals surface area contributed by atoms with E-state index in [4.69, 9.17) is 15.7 Å². The molecule has 0 bridgehead atoms. The Morgan fingerprint density at radius 3 is 2.67 bits per heavy atom. The van der Waals surface area contributed by atoms with E-state index in [0.717, 1.165) is 22.6 Å². The molecule has 138 valence electrons. The lowest BCUT2D eigenvalue weighted by molar-refractivity contribution is 0.0726. The van der Waals surface area contributed by atoms with Gasteiger partial charge in [-0.05, 0) is 6.42 Å². The van der Waals surface area contributed by atoms with Crippen LogP contribution < -0.4 is 10.6 Å². The van der Waals surface area contributed by atoms with E-state index < -0.39 is 0 Å². The fourth-order valence-corrected chi connectivity index (χ4v) is 3.29. The number of nitrogens with one attached hydrogen (secondary N) is 1. The molecule has 3 N–H and O–H groups in total. The maximum Gasteiger partial charge on any atom is 0.272 e. The van der Waals surface area contributed by atoms with Gasteiger partial charge in [-0.3, -0.25) is 9.89 Å². The lowest BCUT2D eigenvalue weighted by Gasteiger charge is -2.30. The summed E-state index contributed by atoms with van der Waals surface area (Å²) >= 11 is 0. The van der Waals surface area contributed by atoms with Gasteiger partial charge in [-0.15, -0.1) is 0 Å². The topological polar surface area (TPSA) is 104 Å². The molecule has 0 aliphatic carbocycles. The van der Waals surface area contributed by atoms with E-state index in [0.29, 0.717) is 36.8 Å². The van der Waals surface area contributed by atoms with E-state index in [1.54, 1.807) is 11.0 Å². The number of benzene rings is 1. The summed E-state index contributed by atoms with van der Waals surface area (Å²) in [7, 11) is 3.95. The second-order valence-electron chi connectivity index (χ2n) is 6.74. The van der Waals surface area contributed by atoms with Crippen LogP contribution in [0.1, 0.15) is 21.7 Å². The van der Waals surface area contributed by atoms with Crippen LogP contribution in [0, 0.1) is 0 Å². The maximum atomic E-state index is 12.7. The van der Waals surface area contributed by atoms with E-state index in [2.05, 4.69) is 10.2 Å². The number of hydrogen-bond acceptors (Lipinski definition) is 6. The van der Waals surface area contributed by atoms with Gasteiger partial charge < -0.3 is 15.5 Å². The van der Waals surface area contributed by atoms with Crippen LogP contribution in [0.25, 0.3) is 11.4 Å². The Morgan fingerprint density at radius 1 is 1.22 bits per heavy atom. The van der Waals surface area contributed by atoms with Crippen LogP contribution in [0.3, 0.4) is 0 Å². The summed E-state index contributed by atoms with van der Waals surface area (Å²) in [5.74, 6) is 1.74. The minimum atomic E-state index is -0.129. The highest BCUT2D eigenvalue weighted by molar-refractivity contribution is 5.93. The first-order valence-corrected chi connectivity index (χ1v) is 8.75. The maximum absolute atomic E-state index is 12.7. The highest BCUT2D eigenvalue weighted by Gasteiger charge is 2.27. The van der Waals surface area contributed by atoms with Crippen LogP contribution in [0.4, 0.5) is 11.6 Å². The molecular weight excluding hydrogens is 342 g/mol. The fraction of sp³-hybridized carbons (Fsp3) is 0.263. The number of nitrogens with two attached hydrogens (primary N) is 1. The third-order valence-electron chi connectivity index (χ3n) is 4.61. The highest BCUT2D eigenvalue weighted by Crippen LogP contribution is 2.29. The summed E-state index contributed by atoms with van der Waals surface area (Å²) in [5.41, 5.74) is 8.93. The van der Waals surface area contributed by atoms with Gasteiger partial charge in [0.2, 0.25) is 0 Å². The Labute approximate surface area is 157 Å². The summed E-state index contributed by atoms with van der Waals surface area (Å²) in [5, 5.41) is 6.53. The number of H-pyrrole nitrogens is 1. The minimum absolute atomic E-state index is 0.129. The number of aromatic amines is 1. The zero-order valence-electron chi connectivity index (χ0n) is 15.3. The van der Waals surface area contributed by atoms with E-state index in [9.17, 15) is 4.79 Å². The summed E-state index contributed by atoms with van der Waals surface area (Å²) in [4.78, 5) is 26.0. The second kappa shape index (κ2) is 6.71. The number of carbonyl (C=O) groups excluding carboxylic acids is 1. The van der Waals surface area contributed by atoms with Gasteiger partial charge in [-0.25, -0.2) is 9.97 Å². The third kappa shape index (κ3) is 3.21. The number of amides is 1. The number of rotatable bonds is 3. The van der Waals surface area contributed by atoms with Gasteiger partial charge in [0, 0.05) is 37.8 Å². The van der Waals surface area contributed by atoms with E-state index in [1.165, 1.54) is 0 Å². The van der Waals surface area contributed by atoms with Crippen molar-refractivity contribution in [3.63, 3.8) is 0 Å². The van der Waals surface area contributed by atoms with Crippen LogP contribution in [0.5, 0.6) is 0 Å². The number of nitrogen functional groups attached to an aromatic ring is 1. The van der Waals surface area contributed by atoms with Crippen LogP contribution >= 0.6 is 0 Å². The zero-order valence-corrected chi connectivity index (χ0v) is 15.3. The third-order valence-corrected chi connectivity index (χ3v) is 4.61. The molecule has 1 aliphatic rings. The van der Waals surface area contributed by atoms with Gasteiger partial charge in [-0.2, -0.15) is 5.10 Å². The van der Waals surface area contributed by atoms with Crippen LogP contribution in [-0.2, 0) is 13.0 Å².